The minimum absolute atomic E-state index is 0.261. The van der Waals surface area contributed by atoms with E-state index >= 15 is 0 Å². The molecule has 1 aliphatic carbocycles. The third-order valence-corrected chi connectivity index (χ3v) is 4.42. The molecule has 98 valence electrons. The van der Waals surface area contributed by atoms with Crippen LogP contribution in [0.1, 0.15) is 19.3 Å². The molecule has 1 saturated carbocycles. The lowest BCUT2D eigenvalue weighted by Crippen LogP contribution is -2.31. The van der Waals surface area contributed by atoms with Crippen LogP contribution in [0.25, 0.3) is 0 Å². The summed E-state index contributed by atoms with van der Waals surface area (Å²) in [6, 6.07) is 5.51. The van der Waals surface area contributed by atoms with Crippen molar-refractivity contribution in [2.45, 2.75) is 25.4 Å². The lowest BCUT2D eigenvalue weighted by Gasteiger charge is -2.25. The number of ether oxygens (including phenoxy) is 1. The number of hydrogen-bond donors (Lipinski definition) is 1. The fourth-order valence-electron chi connectivity index (χ4n) is 2.69. The van der Waals surface area contributed by atoms with Gasteiger partial charge in [0.1, 0.15) is 6.10 Å². The summed E-state index contributed by atoms with van der Waals surface area (Å²) in [6.45, 7) is 2.14. The SMILES string of the molecule is Clc1cccc(Cl)c1OC(C1CC1)[C@H]1CCNC1. The van der Waals surface area contributed by atoms with Gasteiger partial charge in [-0.1, -0.05) is 29.3 Å². The van der Waals surface area contributed by atoms with E-state index in [0.717, 1.165) is 13.1 Å². The summed E-state index contributed by atoms with van der Waals surface area (Å²) in [5.41, 5.74) is 0. The molecule has 0 radical (unpaired) electrons. The molecule has 0 aromatic heterocycles. The second-order valence-corrected chi connectivity index (χ2v) is 6.04. The molecule has 0 bridgehead atoms. The molecule has 18 heavy (non-hydrogen) atoms. The summed E-state index contributed by atoms with van der Waals surface area (Å²) in [7, 11) is 0. The monoisotopic (exact) mass is 285 g/mol. The number of halogens is 2. The summed E-state index contributed by atoms with van der Waals surface area (Å²) < 4.78 is 6.18. The summed E-state index contributed by atoms with van der Waals surface area (Å²) in [6.07, 6.45) is 3.98. The molecule has 2 nitrogen and oxygen atoms in total. The van der Waals surface area contributed by atoms with Gasteiger partial charge in [0, 0.05) is 12.5 Å². The van der Waals surface area contributed by atoms with Gasteiger partial charge in [0.2, 0.25) is 0 Å². The third kappa shape index (κ3) is 2.61. The maximum atomic E-state index is 6.18. The fraction of sp³-hybridized carbons (Fsp3) is 0.571. The fourth-order valence-corrected chi connectivity index (χ4v) is 3.18. The zero-order valence-electron chi connectivity index (χ0n) is 10.2. The number of rotatable bonds is 4. The first-order valence-corrected chi connectivity index (χ1v) is 7.32. The minimum Gasteiger partial charge on any atom is -0.487 e. The molecule has 1 aromatic carbocycles. The largest absolute Gasteiger partial charge is 0.487 e. The molecular formula is C14H17Cl2NO. The second kappa shape index (κ2) is 5.28. The standard InChI is InChI=1S/C14H17Cl2NO/c15-11-2-1-3-12(16)14(11)18-13(9-4-5-9)10-6-7-17-8-10/h1-3,9-10,13,17H,4-8H2/t10-,13?/m0/s1. The molecule has 1 aromatic rings. The Morgan fingerprint density at radius 2 is 1.83 bits per heavy atom. The molecule has 1 unspecified atom stereocenters. The van der Waals surface area contributed by atoms with Gasteiger partial charge in [-0.05, 0) is 43.9 Å². The van der Waals surface area contributed by atoms with Crippen molar-refractivity contribution in [2.75, 3.05) is 13.1 Å². The van der Waals surface area contributed by atoms with Crippen LogP contribution in [-0.2, 0) is 0 Å². The molecule has 1 saturated heterocycles. The molecule has 1 N–H and O–H groups in total. The van der Waals surface area contributed by atoms with E-state index in [1.54, 1.807) is 0 Å². The Morgan fingerprint density at radius 1 is 1.11 bits per heavy atom. The number of nitrogens with one attached hydrogen (secondary N) is 1. The topological polar surface area (TPSA) is 21.3 Å². The van der Waals surface area contributed by atoms with Gasteiger partial charge >= 0.3 is 0 Å². The molecule has 2 fully saturated rings. The van der Waals surface area contributed by atoms with Gasteiger partial charge < -0.3 is 10.1 Å². The maximum absolute atomic E-state index is 6.18. The van der Waals surface area contributed by atoms with Crippen molar-refractivity contribution >= 4 is 23.2 Å². The van der Waals surface area contributed by atoms with Crippen LogP contribution in [0.3, 0.4) is 0 Å². The van der Waals surface area contributed by atoms with E-state index in [1.165, 1.54) is 19.3 Å². The van der Waals surface area contributed by atoms with Crippen LogP contribution in [0.15, 0.2) is 18.2 Å². The molecule has 4 heteroatoms. The summed E-state index contributed by atoms with van der Waals surface area (Å²) in [5.74, 6) is 1.93. The predicted molar refractivity (Wildman–Crippen MR) is 74.6 cm³/mol. The first kappa shape index (κ1) is 12.6. The van der Waals surface area contributed by atoms with Crippen LogP contribution in [0, 0.1) is 11.8 Å². The van der Waals surface area contributed by atoms with Crippen LogP contribution in [0.5, 0.6) is 5.75 Å². The summed E-state index contributed by atoms with van der Waals surface area (Å²) >= 11 is 12.4. The molecule has 2 aliphatic rings. The smallest absolute Gasteiger partial charge is 0.156 e. The van der Waals surface area contributed by atoms with E-state index in [9.17, 15) is 0 Å². The Morgan fingerprint density at radius 3 is 2.39 bits per heavy atom. The number of benzene rings is 1. The second-order valence-electron chi connectivity index (χ2n) is 5.22. The van der Waals surface area contributed by atoms with E-state index in [4.69, 9.17) is 27.9 Å². The minimum atomic E-state index is 0.261. The molecule has 0 amide bonds. The Balaban J connectivity index is 1.79. The number of hydrogen-bond acceptors (Lipinski definition) is 2. The van der Waals surface area contributed by atoms with Crippen molar-refractivity contribution in [2.24, 2.45) is 11.8 Å². The highest BCUT2D eigenvalue weighted by molar-refractivity contribution is 6.37. The van der Waals surface area contributed by atoms with E-state index in [2.05, 4.69) is 5.32 Å². The Hall–Kier alpha value is -0.440. The first-order chi connectivity index (χ1) is 8.75. The van der Waals surface area contributed by atoms with Crippen LogP contribution in [0.4, 0.5) is 0 Å². The average Bonchev–Trinajstić information content (AvgIpc) is 3.04. The van der Waals surface area contributed by atoms with Crippen molar-refractivity contribution in [1.29, 1.82) is 0 Å². The molecular weight excluding hydrogens is 269 g/mol. The highest BCUT2D eigenvalue weighted by Crippen LogP contribution is 2.42. The van der Waals surface area contributed by atoms with Crippen molar-refractivity contribution in [3.63, 3.8) is 0 Å². The molecule has 1 aliphatic heterocycles. The average molecular weight is 286 g/mol. The molecule has 1 heterocycles. The molecule has 3 rings (SSSR count). The van der Waals surface area contributed by atoms with E-state index < -0.39 is 0 Å². The van der Waals surface area contributed by atoms with Crippen molar-refractivity contribution in [3.8, 4) is 5.75 Å². The Bertz CT molecular complexity index is 408. The van der Waals surface area contributed by atoms with Crippen LogP contribution in [0.2, 0.25) is 10.0 Å². The lowest BCUT2D eigenvalue weighted by molar-refractivity contribution is 0.121. The van der Waals surface area contributed by atoms with E-state index in [1.807, 2.05) is 18.2 Å². The van der Waals surface area contributed by atoms with Gasteiger partial charge in [0.05, 0.1) is 10.0 Å². The van der Waals surface area contributed by atoms with Gasteiger partial charge in [0.25, 0.3) is 0 Å². The number of para-hydroxylation sites is 1. The predicted octanol–water partition coefficient (Wildman–Crippen LogP) is 3.76. The summed E-state index contributed by atoms with van der Waals surface area (Å²) in [4.78, 5) is 0. The highest BCUT2D eigenvalue weighted by atomic mass is 35.5. The van der Waals surface area contributed by atoms with Crippen LogP contribution in [-0.4, -0.2) is 19.2 Å². The first-order valence-electron chi connectivity index (χ1n) is 6.57. The quantitative estimate of drug-likeness (QED) is 0.910. The van der Waals surface area contributed by atoms with Gasteiger partial charge in [-0.3, -0.25) is 0 Å². The van der Waals surface area contributed by atoms with E-state index in [0.29, 0.717) is 27.6 Å². The highest BCUT2D eigenvalue weighted by Gasteiger charge is 2.39. The zero-order chi connectivity index (χ0) is 12.5. The van der Waals surface area contributed by atoms with Crippen molar-refractivity contribution in [3.05, 3.63) is 28.2 Å². The van der Waals surface area contributed by atoms with Gasteiger partial charge in [-0.2, -0.15) is 0 Å². The van der Waals surface area contributed by atoms with Crippen LogP contribution < -0.4 is 10.1 Å². The Kier molecular flexibility index (Phi) is 3.69. The third-order valence-electron chi connectivity index (χ3n) is 3.82. The molecule has 2 atom stereocenters. The van der Waals surface area contributed by atoms with Gasteiger partial charge in [0.15, 0.2) is 5.75 Å². The molecule has 0 spiro atoms. The lowest BCUT2D eigenvalue weighted by atomic mass is 9.97. The van der Waals surface area contributed by atoms with Crippen LogP contribution >= 0.6 is 23.2 Å². The Labute approximate surface area is 118 Å². The normalized spacial score (nSPS) is 25.1. The summed E-state index contributed by atoms with van der Waals surface area (Å²) in [5, 5.41) is 4.63. The van der Waals surface area contributed by atoms with Crippen molar-refractivity contribution < 1.29 is 4.74 Å². The van der Waals surface area contributed by atoms with Crippen molar-refractivity contribution in [1.82, 2.24) is 5.32 Å². The maximum Gasteiger partial charge on any atom is 0.156 e. The van der Waals surface area contributed by atoms with Gasteiger partial charge in [-0.25, -0.2) is 0 Å². The van der Waals surface area contributed by atoms with Gasteiger partial charge in [-0.15, -0.1) is 0 Å². The zero-order valence-corrected chi connectivity index (χ0v) is 11.7. The van der Waals surface area contributed by atoms with E-state index in [-0.39, 0.29) is 6.10 Å².